The molecule has 6 N–H and O–H groups in total. The van der Waals surface area contributed by atoms with E-state index in [2.05, 4.69) is 20.9 Å². The molecule has 2 aromatic heterocycles. The minimum absolute atomic E-state index is 0.101. The van der Waals surface area contributed by atoms with Crippen LogP contribution in [0.2, 0.25) is 0 Å². The number of imidazole rings is 1. The number of carbonyl (C=O) groups excluding carboxylic acids is 4. The van der Waals surface area contributed by atoms with Gasteiger partial charge in [-0.15, -0.1) is 0 Å². The quantitative estimate of drug-likeness (QED) is 0.223. The SMILES string of the molecule is CCC(CC)CNC(=O)Cn1cccc(NC(=O)[C@H](CCC(O)C(N)=O)NC(=O)c2cncn2C)c1=O. The highest BCUT2D eigenvalue weighted by Gasteiger charge is 2.25. The predicted molar refractivity (Wildman–Crippen MR) is 135 cm³/mol. The monoisotopic (exact) mass is 517 g/mol. The number of aliphatic hydroxyl groups is 1. The van der Waals surface area contributed by atoms with Crippen molar-refractivity contribution in [3.05, 3.63) is 46.9 Å². The highest BCUT2D eigenvalue weighted by molar-refractivity contribution is 6.00. The van der Waals surface area contributed by atoms with Crippen molar-refractivity contribution in [2.75, 3.05) is 11.9 Å². The van der Waals surface area contributed by atoms with E-state index in [0.717, 1.165) is 17.4 Å². The van der Waals surface area contributed by atoms with Crippen molar-refractivity contribution in [3.8, 4) is 0 Å². The van der Waals surface area contributed by atoms with Gasteiger partial charge in [-0.3, -0.25) is 24.0 Å². The van der Waals surface area contributed by atoms with Gasteiger partial charge >= 0.3 is 0 Å². The number of anilines is 1. The highest BCUT2D eigenvalue weighted by atomic mass is 16.3. The molecular weight excluding hydrogens is 482 g/mol. The number of aliphatic hydroxyl groups excluding tert-OH is 1. The van der Waals surface area contributed by atoms with Crippen molar-refractivity contribution in [3.63, 3.8) is 0 Å². The number of pyridine rings is 1. The number of nitrogens with one attached hydrogen (secondary N) is 3. The summed E-state index contributed by atoms with van der Waals surface area (Å²) in [6, 6.07) is 1.66. The van der Waals surface area contributed by atoms with Crippen LogP contribution in [0.5, 0.6) is 0 Å². The van der Waals surface area contributed by atoms with Crippen LogP contribution in [0.4, 0.5) is 5.69 Å². The maximum Gasteiger partial charge on any atom is 0.274 e. The Kier molecular flexibility index (Phi) is 11.0. The zero-order valence-corrected chi connectivity index (χ0v) is 21.3. The van der Waals surface area contributed by atoms with E-state index in [4.69, 9.17) is 5.73 Å². The van der Waals surface area contributed by atoms with Crippen LogP contribution in [0.3, 0.4) is 0 Å². The van der Waals surface area contributed by atoms with Crippen LogP contribution in [0.25, 0.3) is 0 Å². The maximum atomic E-state index is 13.0. The van der Waals surface area contributed by atoms with Gasteiger partial charge < -0.3 is 35.9 Å². The fourth-order valence-corrected chi connectivity index (χ4v) is 3.57. The number of aryl methyl sites for hydroxylation is 1. The molecule has 2 atom stereocenters. The van der Waals surface area contributed by atoms with Gasteiger partial charge in [0.2, 0.25) is 17.7 Å². The van der Waals surface area contributed by atoms with Crippen LogP contribution in [-0.2, 0) is 28.0 Å². The molecule has 0 aliphatic rings. The fourth-order valence-electron chi connectivity index (χ4n) is 3.57. The Bertz CT molecular complexity index is 1150. The lowest BCUT2D eigenvalue weighted by Gasteiger charge is -2.19. The number of nitrogens with zero attached hydrogens (tertiary/aromatic N) is 3. The molecule has 0 aliphatic heterocycles. The average molecular weight is 518 g/mol. The van der Waals surface area contributed by atoms with E-state index in [1.54, 1.807) is 7.05 Å². The molecule has 0 spiro atoms. The molecule has 2 aromatic rings. The van der Waals surface area contributed by atoms with Crippen LogP contribution in [0.1, 0.15) is 50.0 Å². The highest BCUT2D eigenvalue weighted by Crippen LogP contribution is 2.09. The number of hydrogen-bond donors (Lipinski definition) is 5. The molecule has 0 saturated carbocycles. The summed E-state index contributed by atoms with van der Waals surface area (Å²) in [6.45, 7) is 4.36. The molecular formula is C24H35N7O6. The van der Waals surface area contributed by atoms with Gasteiger partial charge in [-0.2, -0.15) is 0 Å². The minimum Gasteiger partial charge on any atom is -0.383 e. The second-order valence-electron chi connectivity index (χ2n) is 8.74. The standard InChI is InChI=1S/C24H35N7O6/c1-4-15(5-2)11-27-20(33)13-31-10-6-7-17(24(31)37)29-22(35)16(8-9-19(32)21(25)34)28-23(36)18-12-26-14-30(18)3/h6-7,10,12,14-16,19,32H,4-5,8-9,11,13H2,1-3H3,(H2,25,34)(H,27,33)(H,28,36)(H,29,35)/t16-,19?/m0/s1. The van der Waals surface area contributed by atoms with Crippen LogP contribution < -0.4 is 27.2 Å². The van der Waals surface area contributed by atoms with Crippen LogP contribution in [0.15, 0.2) is 35.6 Å². The molecule has 37 heavy (non-hydrogen) atoms. The first-order valence-corrected chi connectivity index (χ1v) is 12.1. The lowest BCUT2D eigenvalue weighted by molar-refractivity contribution is -0.127. The summed E-state index contributed by atoms with van der Waals surface area (Å²) < 4.78 is 2.62. The van der Waals surface area contributed by atoms with Gasteiger partial charge in [0.15, 0.2) is 0 Å². The third-order valence-corrected chi connectivity index (χ3v) is 6.06. The Morgan fingerprint density at radius 2 is 1.86 bits per heavy atom. The third-order valence-electron chi connectivity index (χ3n) is 6.06. The average Bonchev–Trinajstić information content (AvgIpc) is 3.30. The van der Waals surface area contributed by atoms with Gasteiger partial charge in [0.1, 0.15) is 30.1 Å². The summed E-state index contributed by atoms with van der Waals surface area (Å²) in [7, 11) is 1.60. The summed E-state index contributed by atoms with van der Waals surface area (Å²) in [5.74, 6) is -2.32. The largest absolute Gasteiger partial charge is 0.383 e. The smallest absolute Gasteiger partial charge is 0.274 e. The Balaban J connectivity index is 2.15. The topological polar surface area (TPSA) is 190 Å². The number of rotatable bonds is 14. The number of aromatic nitrogens is 3. The molecule has 13 nitrogen and oxygen atoms in total. The summed E-state index contributed by atoms with van der Waals surface area (Å²) in [5, 5.41) is 17.6. The van der Waals surface area contributed by atoms with Gasteiger partial charge in [0.25, 0.3) is 11.5 Å². The van der Waals surface area contributed by atoms with Gasteiger partial charge in [-0.1, -0.05) is 26.7 Å². The summed E-state index contributed by atoms with van der Waals surface area (Å²) in [5.41, 5.74) is 4.55. The second-order valence-corrected chi connectivity index (χ2v) is 8.74. The molecule has 0 aromatic carbocycles. The van der Waals surface area contributed by atoms with Crippen molar-refractivity contribution in [2.45, 2.75) is 58.2 Å². The molecule has 0 bridgehead atoms. The van der Waals surface area contributed by atoms with Gasteiger partial charge in [0.05, 0.1) is 12.5 Å². The summed E-state index contributed by atoms with van der Waals surface area (Å²) in [6.07, 6.45) is 4.14. The van der Waals surface area contributed by atoms with E-state index in [0.29, 0.717) is 12.5 Å². The van der Waals surface area contributed by atoms with Crippen LogP contribution >= 0.6 is 0 Å². The molecule has 0 radical (unpaired) electrons. The zero-order valence-electron chi connectivity index (χ0n) is 21.3. The molecule has 202 valence electrons. The Hall–Kier alpha value is -4.00. The first-order chi connectivity index (χ1) is 17.6. The molecule has 13 heteroatoms. The zero-order chi connectivity index (χ0) is 27.5. The molecule has 0 saturated heterocycles. The summed E-state index contributed by atoms with van der Waals surface area (Å²) in [4.78, 5) is 66.0. The van der Waals surface area contributed by atoms with E-state index < -0.39 is 35.4 Å². The first kappa shape index (κ1) is 29.2. The molecule has 4 amide bonds. The first-order valence-electron chi connectivity index (χ1n) is 12.1. The van der Waals surface area contributed by atoms with Crippen LogP contribution in [-0.4, -0.2) is 61.5 Å². The van der Waals surface area contributed by atoms with E-state index in [1.807, 2.05) is 13.8 Å². The Labute approximate surface area is 214 Å². The summed E-state index contributed by atoms with van der Waals surface area (Å²) >= 11 is 0. The second kappa shape index (κ2) is 13.9. The fraction of sp³-hybridized carbons (Fsp3) is 0.500. The maximum absolute atomic E-state index is 13.0. The van der Waals surface area contributed by atoms with Gasteiger partial charge in [-0.25, -0.2) is 4.98 Å². The van der Waals surface area contributed by atoms with Crippen molar-refractivity contribution >= 4 is 29.3 Å². The predicted octanol–water partition coefficient (Wildman–Crippen LogP) is -0.502. The number of primary amides is 1. The number of hydrogen-bond acceptors (Lipinski definition) is 7. The lowest BCUT2D eigenvalue weighted by atomic mass is 10.0. The van der Waals surface area contributed by atoms with Gasteiger partial charge in [-0.05, 0) is 30.9 Å². The molecule has 2 heterocycles. The van der Waals surface area contributed by atoms with E-state index in [9.17, 15) is 29.1 Å². The number of carbonyl (C=O) groups is 4. The van der Waals surface area contributed by atoms with Gasteiger partial charge in [0, 0.05) is 19.8 Å². The normalized spacial score (nSPS) is 12.6. The van der Waals surface area contributed by atoms with E-state index in [-0.39, 0.29) is 36.7 Å². The van der Waals surface area contributed by atoms with Crippen molar-refractivity contribution < 1.29 is 24.3 Å². The van der Waals surface area contributed by atoms with Crippen molar-refractivity contribution in [1.82, 2.24) is 24.8 Å². The third kappa shape index (κ3) is 8.56. The van der Waals surface area contributed by atoms with E-state index >= 15 is 0 Å². The molecule has 0 aliphatic carbocycles. The lowest BCUT2D eigenvalue weighted by Crippen LogP contribution is -2.46. The van der Waals surface area contributed by atoms with Crippen LogP contribution in [0, 0.1) is 5.92 Å². The van der Waals surface area contributed by atoms with E-state index in [1.165, 1.54) is 35.4 Å². The Morgan fingerprint density at radius 1 is 1.16 bits per heavy atom. The Morgan fingerprint density at radius 3 is 2.46 bits per heavy atom. The molecule has 2 rings (SSSR count). The van der Waals surface area contributed by atoms with Crippen molar-refractivity contribution in [1.29, 1.82) is 0 Å². The number of nitrogens with two attached hydrogens (primary N) is 1. The molecule has 1 unspecified atom stereocenters. The number of amides is 4. The molecule has 0 fully saturated rings. The van der Waals surface area contributed by atoms with Crippen molar-refractivity contribution in [2.24, 2.45) is 18.7 Å². The minimum atomic E-state index is -1.52.